The minimum atomic E-state index is -4.16. The fourth-order valence-corrected chi connectivity index (χ4v) is 2.35. The van der Waals surface area contributed by atoms with Gasteiger partial charge in [0.15, 0.2) is 0 Å². The number of allylic oxidation sites excluding steroid dienone is 2. The molecule has 6 nitrogen and oxygen atoms in total. The number of rotatable bonds is 16. The molecule has 0 atom stereocenters. The van der Waals surface area contributed by atoms with Gasteiger partial charge in [0.05, 0.1) is 7.11 Å². The molecule has 0 aliphatic heterocycles. The summed E-state index contributed by atoms with van der Waals surface area (Å²) in [6.45, 7) is 2.26. The molecule has 0 amide bonds. The molecule has 8 heteroatoms. The molecule has 0 aliphatic carbocycles. The van der Waals surface area contributed by atoms with Crippen molar-refractivity contribution in [2.24, 2.45) is 0 Å². The summed E-state index contributed by atoms with van der Waals surface area (Å²) in [5.41, 5.74) is 0. The van der Waals surface area contributed by atoms with E-state index >= 15 is 0 Å². The summed E-state index contributed by atoms with van der Waals surface area (Å²) in [5, 5.41) is 8.51. The molecule has 0 unspecified atom stereocenters. The van der Waals surface area contributed by atoms with Crippen molar-refractivity contribution in [3.05, 3.63) is 12.2 Å². The summed E-state index contributed by atoms with van der Waals surface area (Å²) in [5.74, 6) is -0.664. The monoisotopic (exact) mass is 418 g/mol. The molecule has 0 saturated heterocycles. The summed E-state index contributed by atoms with van der Waals surface area (Å²) in [7, 11) is -3.29. The van der Waals surface area contributed by atoms with Crippen molar-refractivity contribution in [1.82, 2.24) is 0 Å². The SMILES string of the molecule is CCCCCCCCC=CCCCCCCCC(=O)O.COS(=O)(=O)O.[NaH]. The standard InChI is InChI=1S/C18H34O2.CH4O4S.Na.H/c1-2-3-4-5-6-7-8-9-10-11-12-13-14-15-16-17-18(19)20;1-5-6(2,3)4;;/h9-10H,2-8,11-17H2,1H3,(H,19,20);1H3,(H,2,3,4);;. The minimum absolute atomic E-state index is 0. The molecule has 158 valence electrons. The maximum absolute atomic E-state index is 10.3. The van der Waals surface area contributed by atoms with E-state index in [1.54, 1.807) is 0 Å². The third kappa shape index (κ3) is 37.5. The third-order valence-electron chi connectivity index (χ3n) is 3.86. The van der Waals surface area contributed by atoms with Gasteiger partial charge in [0.2, 0.25) is 0 Å². The Morgan fingerprint density at radius 1 is 0.852 bits per heavy atom. The topological polar surface area (TPSA) is 101 Å². The van der Waals surface area contributed by atoms with E-state index in [0.717, 1.165) is 20.0 Å². The predicted molar refractivity (Wildman–Crippen MR) is 113 cm³/mol. The molecule has 0 radical (unpaired) electrons. The summed E-state index contributed by atoms with van der Waals surface area (Å²) in [4.78, 5) is 10.3. The van der Waals surface area contributed by atoms with E-state index in [0.29, 0.717) is 6.42 Å². The van der Waals surface area contributed by atoms with Crippen LogP contribution in [0, 0.1) is 0 Å². The molecule has 0 fully saturated rings. The second kappa shape index (κ2) is 24.1. The van der Waals surface area contributed by atoms with Gasteiger partial charge in [0.1, 0.15) is 0 Å². The van der Waals surface area contributed by atoms with Crippen molar-refractivity contribution in [2.75, 3.05) is 7.11 Å². The van der Waals surface area contributed by atoms with E-state index in [1.807, 2.05) is 0 Å². The molecule has 0 heterocycles. The molecule has 0 bridgehead atoms. The summed E-state index contributed by atoms with van der Waals surface area (Å²) in [6.07, 6.45) is 21.2. The first-order valence-corrected chi connectivity index (χ1v) is 11.1. The van der Waals surface area contributed by atoms with Gasteiger partial charge < -0.3 is 5.11 Å². The van der Waals surface area contributed by atoms with Gasteiger partial charge >= 0.3 is 45.9 Å². The second-order valence-corrected chi connectivity index (χ2v) is 7.51. The van der Waals surface area contributed by atoms with Crippen molar-refractivity contribution in [3.8, 4) is 0 Å². The molecular formula is C19H39NaO6S. The van der Waals surface area contributed by atoms with Gasteiger partial charge in [0, 0.05) is 6.42 Å². The van der Waals surface area contributed by atoms with Crippen LogP contribution < -0.4 is 0 Å². The van der Waals surface area contributed by atoms with Gasteiger partial charge in [-0.3, -0.25) is 13.5 Å². The Hall–Kier alpha value is 0.0800. The number of carboxylic acid groups (broad SMARTS) is 1. The Morgan fingerprint density at radius 2 is 1.22 bits per heavy atom. The van der Waals surface area contributed by atoms with Gasteiger partial charge in [-0.1, -0.05) is 70.4 Å². The molecular weight excluding hydrogens is 379 g/mol. The number of carbonyl (C=O) groups is 1. The zero-order chi connectivity index (χ0) is 20.1. The molecule has 0 spiro atoms. The first-order valence-electron chi connectivity index (χ1n) is 9.73. The van der Waals surface area contributed by atoms with Crippen LogP contribution in [-0.4, -0.2) is 60.7 Å². The van der Waals surface area contributed by atoms with E-state index in [2.05, 4.69) is 23.3 Å². The molecule has 0 saturated carbocycles. The quantitative estimate of drug-likeness (QED) is 0.160. The number of hydrogen-bond acceptors (Lipinski definition) is 4. The van der Waals surface area contributed by atoms with E-state index in [9.17, 15) is 13.2 Å². The van der Waals surface area contributed by atoms with Gasteiger partial charge in [-0.15, -0.1) is 0 Å². The van der Waals surface area contributed by atoms with Crippen molar-refractivity contribution in [1.29, 1.82) is 0 Å². The van der Waals surface area contributed by atoms with Crippen LogP contribution in [0.1, 0.15) is 96.8 Å². The molecule has 27 heavy (non-hydrogen) atoms. The van der Waals surface area contributed by atoms with Crippen LogP contribution in [0.4, 0.5) is 0 Å². The Labute approximate surface area is 188 Å². The molecule has 0 aliphatic rings. The van der Waals surface area contributed by atoms with E-state index < -0.39 is 16.4 Å². The summed E-state index contributed by atoms with van der Waals surface area (Å²) < 4.78 is 29.7. The van der Waals surface area contributed by atoms with Crippen LogP contribution in [-0.2, 0) is 19.4 Å². The average Bonchev–Trinajstić information content (AvgIpc) is 2.58. The van der Waals surface area contributed by atoms with Crippen LogP contribution in [0.2, 0.25) is 0 Å². The molecule has 2 N–H and O–H groups in total. The fourth-order valence-electron chi connectivity index (χ4n) is 2.35. The first kappa shape index (κ1) is 31.8. The van der Waals surface area contributed by atoms with Crippen molar-refractivity contribution in [3.63, 3.8) is 0 Å². The zero-order valence-corrected chi connectivity index (χ0v) is 17.3. The Morgan fingerprint density at radius 3 is 1.59 bits per heavy atom. The van der Waals surface area contributed by atoms with Crippen LogP contribution >= 0.6 is 0 Å². The van der Waals surface area contributed by atoms with Crippen LogP contribution in [0.3, 0.4) is 0 Å². The fraction of sp³-hybridized carbons (Fsp3) is 0.842. The normalized spacial score (nSPS) is 10.9. The van der Waals surface area contributed by atoms with Gasteiger partial charge in [-0.05, 0) is 32.1 Å². The average molecular weight is 419 g/mol. The van der Waals surface area contributed by atoms with Crippen molar-refractivity contribution in [2.45, 2.75) is 96.8 Å². The number of carboxylic acids is 1. The summed E-state index contributed by atoms with van der Waals surface area (Å²) in [6, 6.07) is 0. The summed E-state index contributed by atoms with van der Waals surface area (Å²) >= 11 is 0. The van der Waals surface area contributed by atoms with Crippen molar-refractivity contribution >= 4 is 45.9 Å². The van der Waals surface area contributed by atoms with Gasteiger partial charge in [-0.25, -0.2) is 0 Å². The second-order valence-electron chi connectivity index (χ2n) is 6.32. The number of aliphatic carboxylic acids is 1. The molecule has 0 aromatic heterocycles. The third-order valence-corrected chi connectivity index (χ3v) is 4.28. The van der Waals surface area contributed by atoms with Crippen LogP contribution in [0.15, 0.2) is 12.2 Å². The number of hydrogen-bond donors (Lipinski definition) is 2. The maximum atomic E-state index is 10.3. The van der Waals surface area contributed by atoms with E-state index in [-0.39, 0.29) is 29.6 Å². The zero-order valence-electron chi connectivity index (χ0n) is 16.5. The molecule has 0 aromatic rings. The van der Waals surface area contributed by atoms with Crippen molar-refractivity contribution < 1.29 is 27.1 Å². The molecule has 0 rings (SSSR count). The van der Waals surface area contributed by atoms with Crippen LogP contribution in [0.5, 0.6) is 0 Å². The Balaban J connectivity index is -0.000000709. The Bertz CT molecular complexity index is 437. The number of unbranched alkanes of at least 4 members (excludes halogenated alkanes) is 11. The van der Waals surface area contributed by atoms with Gasteiger partial charge in [0.25, 0.3) is 0 Å². The van der Waals surface area contributed by atoms with E-state index in [4.69, 9.17) is 9.66 Å². The van der Waals surface area contributed by atoms with Gasteiger partial charge in [-0.2, -0.15) is 8.42 Å². The predicted octanol–water partition coefficient (Wildman–Crippen LogP) is 4.90. The first-order chi connectivity index (χ1) is 12.3. The van der Waals surface area contributed by atoms with E-state index in [1.165, 1.54) is 70.6 Å². The molecule has 0 aromatic carbocycles. The van der Waals surface area contributed by atoms with Crippen LogP contribution in [0.25, 0.3) is 0 Å². The Kier molecular flexibility index (Phi) is 28.4.